The fourth-order valence-electron chi connectivity index (χ4n) is 1.64. The molecule has 3 heteroatoms. The Hall–Kier alpha value is -0.570. The second kappa shape index (κ2) is 11.5. The fraction of sp³-hybridized carbons (Fsp3) is 0.917. The molecular weight excluding hydrogens is 186 g/mol. The van der Waals surface area contributed by atoms with Gasteiger partial charge in [-0.15, -0.1) is 0 Å². The molecule has 90 valence electrons. The van der Waals surface area contributed by atoms with Gasteiger partial charge in [-0.05, 0) is 13.3 Å². The number of hydrogen-bond donors (Lipinski definition) is 2. The van der Waals surface area contributed by atoms with E-state index in [2.05, 4.69) is 17.3 Å². The van der Waals surface area contributed by atoms with Crippen LogP contribution in [0.4, 0.5) is 0 Å². The number of hydrazine groups is 1. The molecule has 0 rings (SSSR count). The van der Waals surface area contributed by atoms with Crippen LogP contribution in [-0.2, 0) is 0 Å². The Morgan fingerprint density at radius 1 is 1.00 bits per heavy atom. The minimum absolute atomic E-state index is 0.816. The van der Waals surface area contributed by atoms with Crippen LogP contribution in [0.5, 0.6) is 0 Å². The lowest BCUT2D eigenvalue weighted by Gasteiger charge is -2.05. The summed E-state index contributed by atoms with van der Waals surface area (Å²) in [5, 5.41) is 0. The summed E-state index contributed by atoms with van der Waals surface area (Å²) in [7, 11) is 0. The normalized spacial score (nSPS) is 11.8. The van der Waals surface area contributed by atoms with Crippen molar-refractivity contribution in [2.24, 2.45) is 10.8 Å². The highest BCUT2D eigenvalue weighted by Gasteiger charge is 1.96. The molecule has 0 bridgehead atoms. The van der Waals surface area contributed by atoms with Gasteiger partial charge < -0.3 is 5.43 Å². The van der Waals surface area contributed by atoms with E-state index in [-0.39, 0.29) is 0 Å². The Morgan fingerprint density at radius 3 is 2.13 bits per heavy atom. The summed E-state index contributed by atoms with van der Waals surface area (Å²) < 4.78 is 0. The molecule has 3 N–H and O–H groups in total. The van der Waals surface area contributed by atoms with E-state index >= 15 is 0 Å². The zero-order valence-electron chi connectivity index (χ0n) is 10.4. The lowest BCUT2D eigenvalue weighted by atomic mass is 10.1. The van der Waals surface area contributed by atoms with Crippen LogP contribution < -0.4 is 11.3 Å². The van der Waals surface area contributed by atoms with Gasteiger partial charge in [0.05, 0.1) is 0 Å². The zero-order chi connectivity index (χ0) is 11.4. The van der Waals surface area contributed by atoms with Crippen molar-refractivity contribution in [3.8, 4) is 0 Å². The molecule has 0 atom stereocenters. The number of nitrogens with zero attached hydrogens (tertiary/aromatic N) is 1. The van der Waals surface area contributed by atoms with Crippen LogP contribution in [0, 0.1) is 0 Å². The molecule has 0 aromatic carbocycles. The number of amidine groups is 1. The molecule has 0 aromatic heterocycles. The van der Waals surface area contributed by atoms with E-state index < -0.39 is 0 Å². The lowest BCUT2D eigenvalue weighted by molar-refractivity contribution is 0.593. The molecule has 0 amide bonds. The number of rotatable bonds is 9. The van der Waals surface area contributed by atoms with Gasteiger partial charge in [-0.2, -0.15) is 0 Å². The van der Waals surface area contributed by atoms with Crippen LogP contribution in [0.2, 0.25) is 0 Å². The third kappa shape index (κ3) is 9.73. The van der Waals surface area contributed by atoms with Crippen LogP contribution in [0.3, 0.4) is 0 Å². The summed E-state index contributed by atoms with van der Waals surface area (Å²) in [6.45, 7) is 5.10. The molecule has 0 fully saturated rings. The molecule has 0 unspecified atom stereocenters. The van der Waals surface area contributed by atoms with Crippen molar-refractivity contribution in [3.05, 3.63) is 0 Å². The van der Waals surface area contributed by atoms with E-state index in [1.807, 2.05) is 6.92 Å². The smallest absolute Gasteiger partial charge is 0.110 e. The molecule has 0 saturated carbocycles. The Kier molecular flexibility index (Phi) is 11.1. The van der Waals surface area contributed by atoms with E-state index in [1.54, 1.807) is 0 Å². The number of unbranched alkanes of at least 4 members (excludes halogenated alkanes) is 6. The molecule has 0 saturated heterocycles. The Morgan fingerprint density at radius 2 is 1.60 bits per heavy atom. The molecule has 0 heterocycles. The van der Waals surface area contributed by atoms with Gasteiger partial charge in [0.2, 0.25) is 0 Å². The lowest BCUT2D eigenvalue weighted by Crippen LogP contribution is -2.30. The Balaban J connectivity index is 3.25. The molecule has 0 aliphatic carbocycles. The summed E-state index contributed by atoms with van der Waals surface area (Å²) in [6, 6.07) is 0. The first-order valence-corrected chi connectivity index (χ1v) is 6.35. The van der Waals surface area contributed by atoms with Gasteiger partial charge in [0.1, 0.15) is 5.84 Å². The maximum atomic E-state index is 5.36. The van der Waals surface area contributed by atoms with Gasteiger partial charge in [0.25, 0.3) is 0 Å². The van der Waals surface area contributed by atoms with Crippen LogP contribution in [0.25, 0.3) is 0 Å². The van der Waals surface area contributed by atoms with Crippen molar-refractivity contribution in [2.75, 3.05) is 6.54 Å². The zero-order valence-corrected chi connectivity index (χ0v) is 10.4. The van der Waals surface area contributed by atoms with Crippen molar-refractivity contribution in [2.45, 2.75) is 65.2 Å². The van der Waals surface area contributed by atoms with Gasteiger partial charge in [-0.25, -0.2) is 5.84 Å². The molecule has 15 heavy (non-hydrogen) atoms. The maximum Gasteiger partial charge on any atom is 0.110 e. The first-order valence-electron chi connectivity index (χ1n) is 6.35. The highest BCUT2D eigenvalue weighted by atomic mass is 15.2. The molecule has 0 spiro atoms. The monoisotopic (exact) mass is 213 g/mol. The van der Waals surface area contributed by atoms with E-state index in [0.717, 1.165) is 18.8 Å². The molecule has 0 radical (unpaired) electrons. The van der Waals surface area contributed by atoms with Crippen molar-refractivity contribution in [3.63, 3.8) is 0 Å². The van der Waals surface area contributed by atoms with Crippen molar-refractivity contribution in [1.29, 1.82) is 0 Å². The Bertz CT molecular complexity index is 155. The molecular formula is C12H27N3. The first-order chi connectivity index (χ1) is 7.35. The summed E-state index contributed by atoms with van der Waals surface area (Å²) >= 11 is 0. The maximum absolute atomic E-state index is 5.36. The van der Waals surface area contributed by atoms with E-state index in [4.69, 9.17) is 5.84 Å². The van der Waals surface area contributed by atoms with E-state index in [9.17, 15) is 0 Å². The molecule has 0 aliphatic heterocycles. The quantitative estimate of drug-likeness (QED) is 0.203. The predicted molar refractivity (Wildman–Crippen MR) is 67.9 cm³/mol. The van der Waals surface area contributed by atoms with Crippen molar-refractivity contribution in [1.82, 2.24) is 5.43 Å². The van der Waals surface area contributed by atoms with Gasteiger partial charge in [0, 0.05) is 13.0 Å². The summed E-state index contributed by atoms with van der Waals surface area (Å²) in [5.41, 5.74) is 2.66. The van der Waals surface area contributed by atoms with Crippen LogP contribution in [0.1, 0.15) is 65.2 Å². The van der Waals surface area contributed by atoms with Crippen LogP contribution in [0.15, 0.2) is 4.99 Å². The van der Waals surface area contributed by atoms with Crippen molar-refractivity contribution >= 4 is 5.84 Å². The minimum atomic E-state index is 0.816. The minimum Gasteiger partial charge on any atom is -0.312 e. The molecule has 0 aromatic rings. The third-order valence-electron chi connectivity index (χ3n) is 2.53. The predicted octanol–water partition coefficient (Wildman–Crippen LogP) is 3.01. The van der Waals surface area contributed by atoms with Gasteiger partial charge in [-0.3, -0.25) is 4.99 Å². The van der Waals surface area contributed by atoms with Crippen LogP contribution in [-0.4, -0.2) is 12.4 Å². The standard InChI is InChI=1S/C12H27N3/c1-3-5-6-7-8-9-10-11-12(15-13)14-4-2/h3-11,13H2,1-2H3,(H,14,15). The van der Waals surface area contributed by atoms with E-state index in [1.165, 1.54) is 44.9 Å². The summed E-state index contributed by atoms with van der Waals surface area (Å²) in [4.78, 5) is 4.27. The summed E-state index contributed by atoms with van der Waals surface area (Å²) in [6.07, 6.45) is 10.3. The van der Waals surface area contributed by atoms with Crippen LogP contribution >= 0.6 is 0 Å². The van der Waals surface area contributed by atoms with Gasteiger partial charge >= 0.3 is 0 Å². The Labute approximate surface area is 94.5 Å². The topological polar surface area (TPSA) is 50.4 Å². The largest absolute Gasteiger partial charge is 0.312 e. The molecule has 0 aliphatic rings. The third-order valence-corrected chi connectivity index (χ3v) is 2.53. The van der Waals surface area contributed by atoms with E-state index in [0.29, 0.717) is 0 Å². The first kappa shape index (κ1) is 14.4. The average Bonchev–Trinajstić information content (AvgIpc) is 2.26. The summed E-state index contributed by atoms with van der Waals surface area (Å²) in [5.74, 6) is 6.31. The number of aliphatic imine (C=N–C) groups is 1. The van der Waals surface area contributed by atoms with Gasteiger partial charge in [-0.1, -0.05) is 45.4 Å². The van der Waals surface area contributed by atoms with Gasteiger partial charge in [0.15, 0.2) is 0 Å². The fourth-order valence-corrected chi connectivity index (χ4v) is 1.64. The van der Waals surface area contributed by atoms with Crippen molar-refractivity contribution < 1.29 is 0 Å². The SMILES string of the molecule is CCCCCCCCCC(=NCC)NN. The molecule has 3 nitrogen and oxygen atoms in total. The second-order valence-corrected chi connectivity index (χ2v) is 3.94. The highest BCUT2D eigenvalue weighted by Crippen LogP contribution is 2.08. The number of hydrogen-bond acceptors (Lipinski definition) is 2. The average molecular weight is 213 g/mol. The number of nitrogens with two attached hydrogens (primary N) is 1. The number of nitrogens with one attached hydrogen (secondary N) is 1. The second-order valence-electron chi connectivity index (χ2n) is 3.94. The highest BCUT2D eigenvalue weighted by molar-refractivity contribution is 5.81.